The van der Waals surface area contributed by atoms with E-state index in [1.807, 2.05) is 10.7 Å². The van der Waals surface area contributed by atoms with E-state index in [9.17, 15) is 4.39 Å². The van der Waals surface area contributed by atoms with Crippen LogP contribution in [0.4, 0.5) is 4.39 Å². The standard InChI is InChI=1S/C18H21FN4O2/c19-14-4-2-1-3-13(14)18-16-11-25-17-9-22(7-12-5-6-24-10-12)8-15(17)23(16)21-20-18/h1-4,12,15,17H,5-11H2/t12-,15-,17-/m1/s1. The molecule has 0 aliphatic carbocycles. The second-order valence-corrected chi connectivity index (χ2v) is 7.17. The Hall–Kier alpha value is -1.83. The summed E-state index contributed by atoms with van der Waals surface area (Å²) in [5.41, 5.74) is 1.96. The van der Waals surface area contributed by atoms with E-state index in [4.69, 9.17) is 9.47 Å². The van der Waals surface area contributed by atoms with Crippen molar-refractivity contribution in [3.05, 3.63) is 35.8 Å². The van der Waals surface area contributed by atoms with Crippen LogP contribution in [0, 0.1) is 11.7 Å². The summed E-state index contributed by atoms with van der Waals surface area (Å²) in [4.78, 5) is 2.44. The first-order chi connectivity index (χ1) is 12.3. The lowest BCUT2D eigenvalue weighted by molar-refractivity contribution is -0.00508. The molecule has 0 bridgehead atoms. The number of hydrogen-bond donors (Lipinski definition) is 0. The first kappa shape index (κ1) is 15.4. The third-order valence-electron chi connectivity index (χ3n) is 5.52. The number of ether oxygens (including phenoxy) is 2. The molecule has 3 aliphatic heterocycles. The average Bonchev–Trinajstić information content (AvgIpc) is 3.33. The van der Waals surface area contributed by atoms with Gasteiger partial charge in [0.05, 0.1) is 31.1 Å². The molecule has 5 rings (SSSR count). The summed E-state index contributed by atoms with van der Waals surface area (Å²) in [6.45, 7) is 5.02. The van der Waals surface area contributed by atoms with Gasteiger partial charge < -0.3 is 9.47 Å². The van der Waals surface area contributed by atoms with Crippen molar-refractivity contribution < 1.29 is 13.9 Å². The van der Waals surface area contributed by atoms with Gasteiger partial charge in [-0.05, 0) is 24.5 Å². The molecule has 2 fully saturated rings. The zero-order valence-electron chi connectivity index (χ0n) is 14.0. The maximum Gasteiger partial charge on any atom is 0.132 e. The average molecular weight is 344 g/mol. The molecule has 0 amide bonds. The van der Waals surface area contributed by atoms with Crippen molar-refractivity contribution in [1.29, 1.82) is 0 Å². The predicted molar refractivity (Wildman–Crippen MR) is 88.4 cm³/mol. The zero-order valence-corrected chi connectivity index (χ0v) is 14.0. The van der Waals surface area contributed by atoms with E-state index in [0.29, 0.717) is 23.8 Å². The molecule has 0 radical (unpaired) electrons. The van der Waals surface area contributed by atoms with Gasteiger partial charge in [0, 0.05) is 31.8 Å². The molecule has 0 saturated carbocycles. The number of benzene rings is 1. The monoisotopic (exact) mass is 344 g/mol. The number of halogens is 1. The van der Waals surface area contributed by atoms with Gasteiger partial charge in [-0.1, -0.05) is 17.3 Å². The van der Waals surface area contributed by atoms with Crippen molar-refractivity contribution in [1.82, 2.24) is 19.9 Å². The van der Waals surface area contributed by atoms with E-state index < -0.39 is 0 Å². The van der Waals surface area contributed by atoms with E-state index in [0.717, 1.165) is 45.0 Å². The first-order valence-corrected chi connectivity index (χ1v) is 8.90. The van der Waals surface area contributed by atoms with Crippen molar-refractivity contribution in [2.24, 2.45) is 5.92 Å². The summed E-state index contributed by atoms with van der Waals surface area (Å²) in [5.74, 6) is 0.339. The fourth-order valence-corrected chi connectivity index (χ4v) is 4.24. The van der Waals surface area contributed by atoms with Crippen LogP contribution in [0.3, 0.4) is 0 Å². The van der Waals surface area contributed by atoms with Gasteiger partial charge in [0.15, 0.2) is 0 Å². The van der Waals surface area contributed by atoms with Crippen molar-refractivity contribution in [3.63, 3.8) is 0 Å². The molecule has 2 saturated heterocycles. The molecule has 6 nitrogen and oxygen atoms in total. The number of nitrogens with zero attached hydrogens (tertiary/aromatic N) is 4. The summed E-state index contributed by atoms with van der Waals surface area (Å²) in [6, 6.07) is 6.85. The Morgan fingerprint density at radius 1 is 1.24 bits per heavy atom. The van der Waals surface area contributed by atoms with E-state index in [1.165, 1.54) is 6.07 Å². The van der Waals surface area contributed by atoms with Gasteiger partial charge >= 0.3 is 0 Å². The largest absolute Gasteiger partial charge is 0.381 e. The van der Waals surface area contributed by atoms with Crippen LogP contribution in [-0.4, -0.2) is 58.8 Å². The highest BCUT2D eigenvalue weighted by atomic mass is 19.1. The highest BCUT2D eigenvalue weighted by Crippen LogP contribution is 2.35. The van der Waals surface area contributed by atoms with Gasteiger partial charge in [0.2, 0.25) is 0 Å². The summed E-state index contributed by atoms with van der Waals surface area (Å²) < 4.78 is 27.7. The van der Waals surface area contributed by atoms with E-state index in [-0.39, 0.29) is 18.0 Å². The molecule has 0 spiro atoms. The smallest absolute Gasteiger partial charge is 0.132 e. The second kappa shape index (κ2) is 6.16. The summed E-state index contributed by atoms with van der Waals surface area (Å²) in [6.07, 6.45) is 1.27. The summed E-state index contributed by atoms with van der Waals surface area (Å²) >= 11 is 0. The molecule has 0 N–H and O–H groups in total. The molecular formula is C18H21FN4O2. The Morgan fingerprint density at radius 2 is 2.16 bits per heavy atom. The molecule has 25 heavy (non-hydrogen) atoms. The molecule has 1 aromatic heterocycles. The molecule has 7 heteroatoms. The van der Waals surface area contributed by atoms with Crippen LogP contribution in [0.5, 0.6) is 0 Å². The molecular weight excluding hydrogens is 323 g/mol. The molecule has 4 heterocycles. The highest BCUT2D eigenvalue weighted by Gasteiger charge is 2.41. The molecule has 132 valence electrons. The Kier molecular flexibility index (Phi) is 3.80. The Labute approximate surface area is 145 Å². The van der Waals surface area contributed by atoms with Gasteiger partial charge in [-0.25, -0.2) is 9.07 Å². The van der Waals surface area contributed by atoms with Crippen LogP contribution < -0.4 is 0 Å². The summed E-state index contributed by atoms with van der Waals surface area (Å²) in [5, 5.41) is 8.62. The lowest BCUT2D eigenvalue weighted by atomic mass is 10.1. The molecule has 3 aliphatic rings. The molecule has 3 atom stereocenters. The number of aromatic nitrogens is 3. The Bertz CT molecular complexity index is 774. The van der Waals surface area contributed by atoms with Gasteiger partial charge in [-0.2, -0.15) is 0 Å². The van der Waals surface area contributed by atoms with Gasteiger partial charge in [0.25, 0.3) is 0 Å². The third-order valence-corrected chi connectivity index (χ3v) is 5.52. The minimum atomic E-state index is -0.276. The van der Waals surface area contributed by atoms with Crippen LogP contribution >= 0.6 is 0 Å². The van der Waals surface area contributed by atoms with E-state index in [1.54, 1.807) is 12.1 Å². The van der Waals surface area contributed by atoms with Crippen molar-refractivity contribution in [2.75, 3.05) is 32.8 Å². The number of hydrogen-bond acceptors (Lipinski definition) is 5. The van der Waals surface area contributed by atoms with Crippen LogP contribution in [0.25, 0.3) is 11.3 Å². The Balaban J connectivity index is 1.39. The van der Waals surface area contributed by atoms with Crippen LogP contribution in [0.15, 0.2) is 24.3 Å². The zero-order chi connectivity index (χ0) is 16.8. The number of rotatable bonds is 3. The van der Waals surface area contributed by atoms with E-state index in [2.05, 4.69) is 15.2 Å². The minimum Gasteiger partial charge on any atom is -0.381 e. The van der Waals surface area contributed by atoms with Crippen LogP contribution in [-0.2, 0) is 16.1 Å². The van der Waals surface area contributed by atoms with Crippen LogP contribution in [0.1, 0.15) is 18.2 Å². The molecule has 0 unspecified atom stereocenters. The second-order valence-electron chi connectivity index (χ2n) is 7.17. The Morgan fingerprint density at radius 3 is 3.00 bits per heavy atom. The first-order valence-electron chi connectivity index (χ1n) is 8.90. The van der Waals surface area contributed by atoms with Gasteiger partial charge in [0.1, 0.15) is 11.5 Å². The number of likely N-dealkylation sites (tertiary alicyclic amines) is 1. The number of fused-ring (bicyclic) bond motifs is 3. The summed E-state index contributed by atoms with van der Waals surface area (Å²) in [7, 11) is 0. The van der Waals surface area contributed by atoms with E-state index >= 15 is 0 Å². The quantitative estimate of drug-likeness (QED) is 0.851. The topological polar surface area (TPSA) is 52.4 Å². The SMILES string of the molecule is Fc1ccccc1-c1nnn2c1CO[C@@H]1CN(C[C@H]3CCOC3)C[C@H]12. The van der Waals surface area contributed by atoms with Crippen molar-refractivity contribution >= 4 is 0 Å². The fraction of sp³-hybridized carbons (Fsp3) is 0.556. The fourth-order valence-electron chi connectivity index (χ4n) is 4.24. The highest BCUT2D eigenvalue weighted by molar-refractivity contribution is 5.62. The molecule has 1 aromatic carbocycles. The van der Waals surface area contributed by atoms with Crippen LogP contribution in [0.2, 0.25) is 0 Å². The van der Waals surface area contributed by atoms with Gasteiger partial charge in [-0.15, -0.1) is 5.10 Å². The maximum absolute atomic E-state index is 14.1. The lowest BCUT2D eigenvalue weighted by Crippen LogP contribution is -2.32. The predicted octanol–water partition coefficient (Wildman–Crippen LogP) is 1.88. The lowest BCUT2D eigenvalue weighted by Gasteiger charge is -2.26. The molecule has 2 aromatic rings. The van der Waals surface area contributed by atoms with Crippen molar-refractivity contribution in [3.8, 4) is 11.3 Å². The van der Waals surface area contributed by atoms with Gasteiger partial charge in [-0.3, -0.25) is 4.90 Å². The van der Waals surface area contributed by atoms with Crippen molar-refractivity contribution in [2.45, 2.75) is 25.2 Å². The normalized spacial score (nSPS) is 28.9. The minimum absolute atomic E-state index is 0.130. The maximum atomic E-state index is 14.1. The third kappa shape index (κ3) is 2.67.